The molecule has 6 heteroatoms. The third-order valence-electron chi connectivity index (χ3n) is 5.33. The van der Waals surface area contributed by atoms with Crippen molar-refractivity contribution in [2.75, 3.05) is 13.1 Å². The van der Waals surface area contributed by atoms with Gasteiger partial charge in [-0.3, -0.25) is 19.5 Å². The maximum Gasteiger partial charge on any atom is 0.227 e. The Morgan fingerprint density at radius 1 is 1.27 bits per heavy atom. The molecule has 2 aromatic heterocycles. The van der Waals surface area contributed by atoms with Crippen LogP contribution in [0.3, 0.4) is 0 Å². The Labute approximate surface area is 157 Å². The molecule has 5 nitrogen and oxygen atoms in total. The predicted molar refractivity (Wildman–Crippen MR) is 101 cm³/mol. The van der Waals surface area contributed by atoms with Crippen molar-refractivity contribution in [3.63, 3.8) is 0 Å². The van der Waals surface area contributed by atoms with Crippen molar-refractivity contribution in [3.05, 3.63) is 52.0 Å². The van der Waals surface area contributed by atoms with Gasteiger partial charge in [0.2, 0.25) is 5.91 Å². The molecule has 0 N–H and O–H groups in total. The molecule has 2 atom stereocenters. The molecule has 0 aliphatic carbocycles. The number of piperidine rings is 1. The SMILES string of the molecule is CC(=O)c1cc(CN2CC3CCC(C2)N(Cc2ccccn2)C3=O)cs1. The second-order valence-electron chi connectivity index (χ2n) is 7.28. The van der Waals surface area contributed by atoms with E-state index >= 15 is 0 Å². The van der Waals surface area contributed by atoms with Crippen LogP contribution in [0.4, 0.5) is 0 Å². The lowest BCUT2D eigenvalue weighted by molar-refractivity contribution is -0.140. The van der Waals surface area contributed by atoms with Crippen molar-refractivity contribution in [1.82, 2.24) is 14.8 Å². The maximum atomic E-state index is 12.9. The highest BCUT2D eigenvalue weighted by molar-refractivity contribution is 7.12. The highest BCUT2D eigenvalue weighted by Gasteiger charge is 2.40. The molecule has 3 fully saturated rings. The molecule has 136 valence electrons. The van der Waals surface area contributed by atoms with Gasteiger partial charge in [-0.2, -0.15) is 0 Å². The fourth-order valence-electron chi connectivity index (χ4n) is 4.03. The van der Waals surface area contributed by atoms with Crippen LogP contribution < -0.4 is 0 Å². The third kappa shape index (κ3) is 3.57. The van der Waals surface area contributed by atoms with E-state index in [2.05, 4.69) is 15.3 Å². The van der Waals surface area contributed by atoms with Crippen LogP contribution in [0.2, 0.25) is 0 Å². The second-order valence-corrected chi connectivity index (χ2v) is 8.20. The molecule has 3 aliphatic heterocycles. The number of thiophene rings is 1. The lowest BCUT2D eigenvalue weighted by Gasteiger charge is -2.35. The Kier molecular flexibility index (Phi) is 4.87. The Morgan fingerprint density at radius 3 is 2.88 bits per heavy atom. The zero-order valence-corrected chi connectivity index (χ0v) is 15.7. The van der Waals surface area contributed by atoms with Crippen molar-refractivity contribution in [1.29, 1.82) is 0 Å². The minimum atomic E-state index is 0.0726. The highest BCUT2D eigenvalue weighted by atomic mass is 32.1. The number of hydrogen-bond donors (Lipinski definition) is 0. The summed E-state index contributed by atoms with van der Waals surface area (Å²) in [6.07, 6.45) is 3.81. The van der Waals surface area contributed by atoms with E-state index in [1.54, 1.807) is 13.1 Å². The van der Waals surface area contributed by atoms with Gasteiger partial charge in [0.15, 0.2) is 5.78 Å². The Morgan fingerprint density at radius 2 is 2.15 bits per heavy atom. The standard InChI is InChI=1S/C20H23N3O2S/c1-14(24)19-8-15(13-26-19)9-22-10-16-5-6-18(12-22)23(20(16)25)11-17-4-2-3-7-21-17/h2-4,7-8,13,16,18H,5-6,9-12H2,1H3. The van der Waals surface area contributed by atoms with E-state index < -0.39 is 0 Å². The van der Waals surface area contributed by atoms with Gasteiger partial charge in [0, 0.05) is 31.9 Å². The summed E-state index contributed by atoms with van der Waals surface area (Å²) in [5.74, 6) is 0.460. The Bertz CT molecular complexity index is 804. The molecule has 3 aliphatic rings. The Hall–Kier alpha value is -2.05. The van der Waals surface area contributed by atoms with Crippen molar-refractivity contribution in [2.45, 2.75) is 38.9 Å². The van der Waals surface area contributed by atoms with E-state index in [0.29, 0.717) is 6.54 Å². The van der Waals surface area contributed by atoms with Crippen LogP contribution in [0.5, 0.6) is 0 Å². The lowest BCUT2D eigenvalue weighted by Crippen LogP contribution is -2.47. The number of nitrogens with zero attached hydrogens (tertiary/aromatic N) is 3. The van der Waals surface area contributed by atoms with Crippen LogP contribution in [0.25, 0.3) is 0 Å². The number of carbonyl (C=O) groups is 2. The van der Waals surface area contributed by atoms with Crippen molar-refractivity contribution in [2.24, 2.45) is 5.92 Å². The van der Waals surface area contributed by atoms with Gasteiger partial charge in [-0.1, -0.05) is 6.07 Å². The van der Waals surface area contributed by atoms with Gasteiger partial charge >= 0.3 is 0 Å². The Balaban J connectivity index is 1.48. The van der Waals surface area contributed by atoms with E-state index in [0.717, 1.165) is 43.0 Å². The van der Waals surface area contributed by atoms with Crippen LogP contribution in [0.15, 0.2) is 35.8 Å². The van der Waals surface area contributed by atoms with Crippen LogP contribution in [0, 0.1) is 5.92 Å². The number of ketones is 1. The number of amides is 1. The van der Waals surface area contributed by atoms with Crippen molar-refractivity contribution >= 4 is 23.0 Å². The van der Waals surface area contributed by atoms with Gasteiger partial charge in [-0.15, -0.1) is 11.3 Å². The number of rotatable bonds is 5. The lowest BCUT2D eigenvalue weighted by atomic mass is 9.94. The van der Waals surface area contributed by atoms with Crippen LogP contribution in [0.1, 0.15) is 40.7 Å². The van der Waals surface area contributed by atoms with Gasteiger partial charge in [0.1, 0.15) is 0 Å². The number of carbonyl (C=O) groups excluding carboxylic acids is 2. The number of fused-ring (bicyclic) bond motifs is 4. The summed E-state index contributed by atoms with van der Waals surface area (Å²) >= 11 is 1.51. The molecule has 1 amide bonds. The highest BCUT2D eigenvalue weighted by Crippen LogP contribution is 2.31. The molecule has 2 bridgehead atoms. The van der Waals surface area contributed by atoms with E-state index in [9.17, 15) is 9.59 Å². The molecule has 5 rings (SSSR count). The molecule has 2 aromatic rings. The zero-order valence-electron chi connectivity index (χ0n) is 14.9. The quantitative estimate of drug-likeness (QED) is 0.761. The fraction of sp³-hybridized carbons (Fsp3) is 0.450. The van der Waals surface area contributed by atoms with E-state index in [1.165, 1.54) is 16.9 Å². The summed E-state index contributed by atoms with van der Waals surface area (Å²) in [5, 5.41) is 2.07. The van der Waals surface area contributed by atoms with Crippen molar-refractivity contribution in [3.8, 4) is 0 Å². The summed E-state index contributed by atoms with van der Waals surface area (Å²) in [6.45, 7) is 4.71. The van der Waals surface area contributed by atoms with Gasteiger partial charge in [-0.05, 0) is 48.9 Å². The average Bonchev–Trinajstić information content (AvgIpc) is 2.95. The van der Waals surface area contributed by atoms with E-state index in [4.69, 9.17) is 0 Å². The first-order chi connectivity index (χ1) is 12.6. The summed E-state index contributed by atoms with van der Waals surface area (Å²) in [7, 11) is 0. The van der Waals surface area contributed by atoms with Crippen molar-refractivity contribution < 1.29 is 9.59 Å². The molecule has 2 unspecified atom stereocenters. The molecule has 0 aromatic carbocycles. The fourth-order valence-corrected chi connectivity index (χ4v) is 4.84. The second kappa shape index (κ2) is 7.29. The van der Waals surface area contributed by atoms with Crippen LogP contribution >= 0.6 is 11.3 Å². The summed E-state index contributed by atoms with van der Waals surface area (Å²) < 4.78 is 0. The monoisotopic (exact) mass is 369 g/mol. The van der Waals surface area contributed by atoms with Gasteiger partial charge < -0.3 is 4.90 Å². The number of Topliss-reactive ketones (excluding diaryl/α,β-unsaturated/α-hetero) is 1. The van der Waals surface area contributed by atoms with Crippen LogP contribution in [-0.2, 0) is 17.9 Å². The first-order valence-electron chi connectivity index (χ1n) is 9.11. The molecule has 26 heavy (non-hydrogen) atoms. The smallest absolute Gasteiger partial charge is 0.227 e. The summed E-state index contributed by atoms with van der Waals surface area (Å²) in [4.78, 5) is 34.1. The average molecular weight is 369 g/mol. The number of hydrogen-bond acceptors (Lipinski definition) is 5. The largest absolute Gasteiger partial charge is 0.332 e. The predicted octanol–water partition coefficient (Wildman–Crippen LogP) is 2.97. The molecule has 5 heterocycles. The molecular formula is C20H23N3O2S. The van der Waals surface area contributed by atoms with Gasteiger partial charge in [-0.25, -0.2) is 0 Å². The van der Waals surface area contributed by atoms with Gasteiger partial charge in [0.25, 0.3) is 0 Å². The molecule has 3 saturated heterocycles. The summed E-state index contributed by atoms with van der Waals surface area (Å²) in [6, 6.07) is 8.09. The zero-order chi connectivity index (χ0) is 18.1. The first-order valence-corrected chi connectivity index (χ1v) is 9.99. The summed E-state index contributed by atoms with van der Waals surface area (Å²) in [5.41, 5.74) is 2.12. The topological polar surface area (TPSA) is 53.5 Å². The minimum Gasteiger partial charge on any atom is -0.332 e. The minimum absolute atomic E-state index is 0.0726. The molecule has 0 saturated carbocycles. The first kappa shape index (κ1) is 17.4. The normalized spacial score (nSPS) is 23.3. The van der Waals surface area contributed by atoms with Crippen LogP contribution in [-0.4, -0.2) is 45.6 Å². The van der Waals surface area contributed by atoms with E-state index in [-0.39, 0.29) is 23.7 Å². The molecular weight excluding hydrogens is 346 g/mol. The number of aromatic nitrogens is 1. The van der Waals surface area contributed by atoms with E-state index in [1.807, 2.05) is 29.2 Å². The molecule has 0 spiro atoms. The maximum absolute atomic E-state index is 12.9. The number of pyridine rings is 1. The third-order valence-corrected chi connectivity index (χ3v) is 6.41. The molecule has 0 radical (unpaired) electrons. The van der Waals surface area contributed by atoms with Gasteiger partial charge in [0.05, 0.1) is 23.0 Å².